The van der Waals surface area contributed by atoms with Gasteiger partial charge in [-0.15, -0.1) is 11.3 Å². The Hall–Kier alpha value is -1.72. The van der Waals surface area contributed by atoms with E-state index in [1.807, 2.05) is 30.1 Å². The van der Waals surface area contributed by atoms with E-state index in [0.29, 0.717) is 17.8 Å². The molecule has 0 saturated carbocycles. The lowest BCUT2D eigenvalue weighted by Crippen LogP contribution is -2.19. The van der Waals surface area contributed by atoms with Gasteiger partial charge in [-0.05, 0) is 30.3 Å². The number of hydrogen-bond acceptors (Lipinski definition) is 5. The van der Waals surface area contributed by atoms with Crippen LogP contribution >= 0.6 is 22.9 Å². The Balaban J connectivity index is 2.29. The smallest absolute Gasteiger partial charge is 0.340 e. The van der Waals surface area contributed by atoms with E-state index >= 15 is 0 Å². The molecule has 0 atom stereocenters. The van der Waals surface area contributed by atoms with Gasteiger partial charge in [-0.25, -0.2) is 4.79 Å². The second-order valence-corrected chi connectivity index (χ2v) is 6.13. The normalized spacial score (nSPS) is 10.3. The van der Waals surface area contributed by atoms with Crippen molar-refractivity contribution in [2.45, 2.75) is 6.54 Å². The SMILES string of the molecule is COC(=O)c1cc(N)ccc1N(C)Cc1ccc(Cl)s1. The fraction of sp³-hybridized carbons (Fsp3) is 0.214. The molecular formula is C14H15ClN2O2S. The summed E-state index contributed by atoms with van der Waals surface area (Å²) in [6.07, 6.45) is 0. The van der Waals surface area contributed by atoms with Gasteiger partial charge in [0.2, 0.25) is 0 Å². The predicted octanol–water partition coefficient (Wildman–Crippen LogP) is 3.41. The molecule has 2 N–H and O–H groups in total. The van der Waals surface area contributed by atoms with Crippen molar-refractivity contribution in [2.75, 3.05) is 24.8 Å². The number of nitrogens with zero attached hydrogens (tertiary/aromatic N) is 1. The molecular weight excluding hydrogens is 296 g/mol. The summed E-state index contributed by atoms with van der Waals surface area (Å²) in [6, 6.07) is 9.04. The molecule has 0 aliphatic carbocycles. The number of benzene rings is 1. The number of carbonyl (C=O) groups is 1. The van der Waals surface area contributed by atoms with Crippen LogP contribution in [0.15, 0.2) is 30.3 Å². The minimum absolute atomic E-state index is 0.400. The molecule has 0 amide bonds. The maximum absolute atomic E-state index is 11.8. The van der Waals surface area contributed by atoms with Gasteiger partial charge in [-0.3, -0.25) is 0 Å². The number of ether oxygens (including phenoxy) is 1. The van der Waals surface area contributed by atoms with Crippen LogP contribution in [0.25, 0.3) is 0 Å². The largest absolute Gasteiger partial charge is 0.465 e. The lowest BCUT2D eigenvalue weighted by atomic mass is 10.1. The molecule has 106 valence electrons. The summed E-state index contributed by atoms with van der Waals surface area (Å²) < 4.78 is 5.55. The molecule has 0 fully saturated rings. The minimum Gasteiger partial charge on any atom is -0.465 e. The predicted molar refractivity (Wildman–Crippen MR) is 83.6 cm³/mol. The van der Waals surface area contributed by atoms with E-state index in [1.165, 1.54) is 18.4 Å². The molecule has 4 nitrogen and oxygen atoms in total. The van der Waals surface area contributed by atoms with Gasteiger partial charge in [-0.1, -0.05) is 11.6 Å². The second-order valence-electron chi connectivity index (χ2n) is 4.33. The number of nitrogen functional groups attached to an aromatic ring is 1. The maximum atomic E-state index is 11.8. The molecule has 0 bridgehead atoms. The van der Waals surface area contributed by atoms with E-state index in [1.54, 1.807) is 12.1 Å². The number of methoxy groups -OCH3 is 1. The third-order valence-electron chi connectivity index (χ3n) is 2.86. The molecule has 1 aromatic carbocycles. The zero-order chi connectivity index (χ0) is 14.7. The van der Waals surface area contributed by atoms with Gasteiger partial charge in [0.15, 0.2) is 0 Å². The number of halogens is 1. The summed E-state index contributed by atoms with van der Waals surface area (Å²) >= 11 is 7.44. The summed E-state index contributed by atoms with van der Waals surface area (Å²) in [7, 11) is 3.26. The van der Waals surface area contributed by atoms with E-state index in [2.05, 4.69) is 0 Å². The lowest BCUT2D eigenvalue weighted by Gasteiger charge is -2.21. The van der Waals surface area contributed by atoms with Gasteiger partial charge in [-0.2, -0.15) is 0 Å². The van der Waals surface area contributed by atoms with Crippen molar-refractivity contribution in [3.63, 3.8) is 0 Å². The summed E-state index contributed by atoms with van der Waals surface area (Å²) in [5.74, 6) is -0.400. The van der Waals surface area contributed by atoms with Crippen molar-refractivity contribution in [2.24, 2.45) is 0 Å². The number of hydrogen-bond donors (Lipinski definition) is 1. The molecule has 0 saturated heterocycles. The average Bonchev–Trinajstić information content (AvgIpc) is 2.82. The Morgan fingerprint density at radius 2 is 2.15 bits per heavy atom. The molecule has 2 rings (SSSR count). The van der Waals surface area contributed by atoms with Crippen LogP contribution in [0, 0.1) is 0 Å². The van der Waals surface area contributed by atoms with Crippen molar-refractivity contribution in [1.29, 1.82) is 0 Å². The molecule has 0 spiro atoms. The fourth-order valence-corrected chi connectivity index (χ4v) is 3.06. The van der Waals surface area contributed by atoms with E-state index in [4.69, 9.17) is 22.1 Å². The molecule has 20 heavy (non-hydrogen) atoms. The van der Waals surface area contributed by atoms with Crippen LogP contribution in [0.1, 0.15) is 15.2 Å². The zero-order valence-electron chi connectivity index (χ0n) is 11.2. The minimum atomic E-state index is -0.400. The van der Waals surface area contributed by atoms with Crippen molar-refractivity contribution in [3.8, 4) is 0 Å². The molecule has 6 heteroatoms. The van der Waals surface area contributed by atoms with Gasteiger partial charge in [0, 0.05) is 17.6 Å². The molecule has 0 aliphatic rings. The topological polar surface area (TPSA) is 55.6 Å². The fourth-order valence-electron chi connectivity index (χ4n) is 1.92. The second kappa shape index (κ2) is 6.15. The van der Waals surface area contributed by atoms with Gasteiger partial charge in [0.05, 0.1) is 29.2 Å². The first-order valence-corrected chi connectivity index (χ1v) is 7.14. The Labute approximate surface area is 126 Å². The lowest BCUT2D eigenvalue weighted by molar-refractivity contribution is 0.0601. The van der Waals surface area contributed by atoms with Crippen LogP contribution in [0.4, 0.5) is 11.4 Å². The Bertz CT molecular complexity index is 627. The number of thiophene rings is 1. The van der Waals surface area contributed by atoms with Crippen LogP contribution in [0.3, 0.4) is 0 Å². The highest BCUT2D eigenvalue weighted by molar-refractivity contribution is 7.16. The van der Waals surface area contributed by atoms with Crippen molar-refractivity contribution < 1.29 is 9.53 Å². The third kappa shape index (κ3) is 3.23. The Morgan fingerprint density at radius 1 is 1.40 bits per heavy atom. The first-order valence-electron chi connectivity index (χ1n) is 5.94. The average molecular weight is 311 g/mol. The monoisotopic (exact) mass is 310 g/mol. The van der Waals surface area contributed by atoms with Gasteiger partial charge < -0.3 is 15.4 Å². The van der Waals surface area contributed by atoms with E-state index < -0.39 is 5.97 Å². The van der Waals surface area contributed by atoms with E-state index in [0.717, 1.165) is 14.9 Å². The van der Waals surface area contributed by atoms with Crippen LogP contribution in [0.2, 0.25) is 4.34 Å². The van der Waals surface area contributed by atoms with Crippen molar-refractivity contribution >= 4 is 40.3 Å². The molecule has 1 aromatic heterocycles. The quantitative estimate of drug-likeness (QED) is 0.694. The highest BCUT2D eigenvalue weighted by Crippen LogP contribution is 2.27. The summed E-state index contributed by atoms with van der Waals surface area (Å²) in [4.78, 5) is 14.9. The molecule has 0 unspecified atom stereocenters. The number of esters is 1. The molecule has 0 radical (unpaired) electrons. The van der Waals surface area contributed by atoms with Crippen LogP contribution < -0.4 is 10.6 Å². The zero-order valence-corrected chi connectivity index (χ0v) is 12.8. The maximum Gasteiger partial charge on any atom is 0.340 e. The number of rotatable bonds is 4. The van der Waals surface area contributed by atoms with E-state index in [9.17, 15) is 4.79 Å². The number of carbonyl (C=O) groups excluding carboxylic acids is 1. The van der Waals surface area contributed by atoms with Crippen LogP contribution in [0.5, 0.6) is 0 Å². The number of nitrogens with two attached hydrogens (primary N) is 1. The van der Waals surface area contributed by atoms with Crippen LogP contribution in [-0.2, 0) is 11.3 Å². The summed E-state index contributed by atoms with van der Waals surface area (Å²) in [6.45, 7) is 0.658. The summed E-state index contributed by atoms with van der Waals surface area (Å²) in [5.41, 5.74) is 7.49. The molecule has 2 aromatic rings. The molecule has 0 aliphatic heterocycles. The first-order chi connectivity index (χ1) is 9.51. The Morgan fingerprint density at radius 3 is 2.75 bits per heavy atom. The highest BCUT2D eigenvalue weighted by Gasteiger charge is 2.16. The number of anilines is 2. The molecule has 1 heterocycles. The standard InChI is InChI=1S/C14H15ClN2O2S/c1-17(8-10-4-6-13(15)20-10)12-5-3-9(16)7-11(12)14(18)19-2/h3-7H,8,16H2,1-2H3. The van der Waals surface area contributed by atoms with Crippen molar-refractivity contribution in [1.82, 2.24) is 0 Å². The van der Waals surface area contributed by atoms with Crippen LogP contribution in [-0.4, -0.2) is 20.1 Å². The Kier molecular flexibility index (Phi) is 4.52. The first kappa shape index (κ1) is 14.7. The van der Waals surface area contributed by atoms with Crippen molar-refractivity contribution in [3.05, 3.63) is 45.1 Å². The summed E-state index contributed by atoms with van der Waals surface area (Å²) in [5, 5.41) is 0. The van der Waals surface area contributed by atoms with Gasteiger partial charge >= 0.3 is 5.97 Å². The third-order valence-corrected chi connectivity index (χ3v) is 4.07. The highest BCUT2D eigenvalue weighted by atomic mass is 35.5. The van der Waals surface area contributed by atoms with Gasteiger partial charge in [0.1, 0.15) is 0 Å². The van der Waals surface area contributed by atoms with Gasteiger partial charge in [0.25, 0.3) is 0 Å². The van der Waals surface area contributed by atoms with E-state index in [-0.39, 0.29) is 0 Å².